The summed E-state index contributed by atoms with van der Waals surface area (Å²) in [6.07, 6.45) is 3.25. The Morgan fingerprint density at radius 3 is 2.96 bits per heavy atom. The first-order valence-electron chi connectivity index (χ1n) is 7.78. The van der Waals surface area contributed by atoms with Crippen LogP contribution in [0.3, 0.4) is 0 Å². The number of H-pyrrole nitrogens is 1. The van der Waals surface area contributed by atoms with E-state index in [1.165, 1.54) is 5.56 Å². The highest BCUT2D eigenvalue weighted by molar-refractivity contribution is 5.99. The molecule has 3 aromatic rings. The van der Waals surface area contributed by atoms with E-state index in [1.54, 1.807) is 25.3 Å². The molecule has 6 heteroatoms. The Morgan fingerprint density at radius 1 is 1.25 bits per heavy atom. The van der Waals surface area contributed by atoms with Crippen LogP contribution >= 0.6 is 0 Å². The second kappa shape index (κ2) is 5.81. The lowest BCUT2D eigenvalue weighted by atomic mass is 9.89. The van der Waals surface area contributed by atoms with Gasteiger partial charge in [-0.2, -0.15) is 10.2 Å². The SMILES string of the molecule is C/C(=N\NC(=O)c1[nH]nc2c1CCc1ccccc1-2)c1ccco1. The molecule has 0 bridgehead atoms. The molecule has 0 radical (unpaired) electrons. The first kappa shape index (κ1) is 14.4. The zero-order valence-corrected chi connectivity index (χ0v) is 13.2. The number of amides is 1. The number of hydrogen-bond donors (Lipinski definition) is 2. The zero-order valence-electron chi connectivity index (χ0n) is 13.2. The monoisotopic (exact) mass is 320 g/mol. The molecule has 2 heterocycles. The van der Waals surface area contributed by atoms with Gasteiger partial charge in [0.1, 0.15) is 17.2 Å². The maximum Gasteiger partial charge on any atom is 0.289 e. The lowest BCUT2D eigenvalue weighted by Gasteiger charge is -2.15. The highest BCUT2D eigenvalue weighted by Gasteiger charge is 2.24. The molecule has 4 rings (SSSR count). The Balaban J connectivity index is 1.59. The van der Waals surface area contributed by atoms with E-state index >= 15 is 0 Å². The van der Waals surface area contributed by atoms with Gasteiger partial charge in [0.05, 0.1) is 12.0 Å². The Morgan fingerprint density at radius 2 is 2.12 bits per heavy atom. The van der Waals surface area contributed by atoms with E-state index in [4.69, 9.17) is 4.42 Å². The number of aryl methyl sites for hydroxylation is 1. The summed E-state index contributed by atoms with van der Waals surface area (Å²) in [5.41, 5.74) is 7.78. The zero-order chi connectivity index (χ0) is 16.5. The molecule has 1 aliphatic rings. The normalized spacial score (nSPS) is 13.3. The third-order valence-corrected chi connectivity index (χ3v) is 4.21. The van der Waals surface area contributed by atoms with E-state index in [-0.39, 0.29) is 5.91 Å². The minimum Gasteiger partial charge on any atom is -0.463 e. The number of rotatable bonds is 3. The quantitative estimate of drug-likeness (QED) is 0.575. The largest absolute Gasteiger partial charge is 0.463 e. The summed E-state index contributed by atoms with van der Waals surface area (Å²) in [7, 11) is 0. The van der Waals surface area contributed by atoms with Crippen LogP contribution in [0.25, 0.3) is 11.3 Å². The van der Waals surface area contributed by atoms with Gasteiger partial charge in [-0.1, -0.05) is 24.3 Å². The lowest BCUT2D eigenvalue weighted by Crippen LogP contribution is -2.21. The number of carbonyl (C=O) groups excluding carboxylic acids is 1. The highest BCUT2D eigenvalue weighted by Crippen LogP contribution is 2.33. The van der Waals surface area contributed by atoms with Gasteiger partial charge in [0.25, 0.3) is 5.91 Å². The first-order chi connectivity index (χ1) is 11.7. The molecule has 6 nitrogen and oxygen atoms in total. The molecule has 0 saturated heterocycles. The molecule has 0 unspecified atom stereocenters. The van der Waals surface area contributed by atoms with E-state index < -0.39 is 0 Å². The summed E-state index contributed by atoms with van der Waals surface area (Å²) in [4.78, 5) is 12.4. The van der Waals surface area contributed by atoms with Gasteiger partial charge in [0.15, 0.2) is 0 Å². The second-order valence-corrected chi connectivity index (χ2v) is 5.70. The molecule has 24 heavy (non-hydrogen) atoms. The number of aromatic nitrogens is 2. The number of aromatic amines is 1. The first-order valence-corrected chi connectivity index (χ1v) is 7.78. The van der Waals surface area contributed by atoms with E-state index in [0.717, 1.165) is 29.7 Å². The summed E-state index contributed by atoms with van der Waals surface area (Å²) in [6, 6.07) is 11.7. The Bertz CT molecular complexity index is 922. The fraction of sp³-hybridized carbons (Fsp3) is 0.167. The van der Waals surface area contributed by atoms with Crippen molar-refractivity contribution < 1.29 is 9.21 Å². The molecule has 2 aromatic heterocycles. The maximum atomic E-state index is 12.4. The van der Waals surface area contributed by atoms with Crippen molar-refractivity contribution >= 4 is 11.6 Å². The van der Waals surface area contributed by atoms with E-state index in [1.807, 2.05) is 18.2 Å². The van der Waals surface area contributed by atoms with Crippen molar-refractivity contribution in [1.29, 1.82) is 0 Å². The van der Waals surface area contributed by atoms with Crippen molar-refractivity contribution in [3.05, 3.63) is 65.2 Å². The summed E-state index contributed by atoms with van der Waals surface area (Å²) < 4.78 is 5.25. The van der Waals surface area contributed by atoms with Gasteiger partial charge in [-0.3, -0.25) is 9.89 Å². The van der Waals surface area contributed by atoms with Crippen LogP contribution < -0.4 is 5.43 Å². The van der Waals surface area contributed by atoms with Crippen molar-refractivity contribution in [3.8, 4) is 11.3 Å². The number of nitrogens with zero attached hydrogens (tertiary/aromatic N) is 2. The van der Waals surface area contributed by atoms with Crippen LogP contribution in [0, 0.1) is 0 Å². The summed E-state index contributed by atoms with van der Waals surface area (Å²) in [5.74, 6) is 0.324. The molecule has 1 aliphatic carbocycles. The average molecular weight is 320 g/mol. The fourth-order valence-corrected chi connectivity index (χ4v) is 2.98. The number of fused-ring (bicyclic) bond motifs is 3. The Hall–Kier alpha value is -3.15. The van der Waals surface area contributed by atoms with Gasteiger partial charge < -0.3 is 4.42 Å². The molecule has 1 amide bonds. The van der Waals surface area contributed by atoms with Crippen molar-refractivity contribution in [2.75, 3.05) is 0 Å². The van der Waals surface area contributed by atoms with Crippen LogP contribution in [-0.2, 0) is 12.8 Å². The fourth-order valence-electron chi connectivity index (χ4n) is 2.98. The van der Waals surface area contributed by atoms with E-state index in [9.17, 15) is 4.79 Å². The smallest absolute Gasteiger partial charge is 0.289 e. The number of furan rings is 1. The summed E-state index contributed by atoms with van der Waals surface area (Å²) >= 11 is 0. The summed E-state index contributed by atoms with van der Waals surface area (Å²) in [6.45, 7) is 1.78. The number of carbonyl (C=O) groups is 1. The van der Waals surface area contributed by atoms with Crippen LogP contribution in [0.4, 0.5) is 0 Å². The Labute approximate surface area is 138 Å². The molecule has 0 aliphatic heterocycles. The lowest BCUT2D eigenvalue weighted by molar-refractivity contribution is 0.0949. The Kier molecular flexibility index (Phi) is 3.49. The predicted molar refractivity (Wildman–Crippen MR) is 89.8 cm³/mol. The van der Waals surface area contributed by atoms with Gasteiger partial charge in [0, 0.05) is 11.1 Å². The van der Waals surface area contributed by atoms with Crippen LogP contribution in [0.2, 0.25) is 0 Å². The van der Waals surface area contributed by atoms with Crippen molar-refractivity contribution in [3.63, 3.8) is 0 Å². The molecule has 0 atom stereocenters. The van der Waals surface area contributed by atoms with Crippen molar-refractivity contribution in [2.45, 2.75) is 19.8 Å². The second-order valence-electron chi connectivity index (χ2n) is 5.70. The standard InChI is InChI=1S/C18H16N4O2/c1-11(15-7-4-10-24-15)19-22-18(23)17-14-9-8-12-5-2-3-6-13(12)16(14)20-21-17/h2-7,10H,8-9H2,1H3,(H,20,21)(H,22,23)/b19-11+. The topological polar surface area (TPSA) is 83.3 Å². The van der Waals surface area contributed by atoms with Crippen LogP contribution in [-0.4, -0.2) is 21.8 Å². The van der Waals surface area contributed by atoms with E-state index in [0.29, 0.717) is 17.2 Å². The van der Waals surface area contributed by atoms with Crippen molar-refractivity contribution in [2.24, 2.45) is 5.10 Å². The predicted octanol–water partition coefficient (Wildman–Crippen LogP) is 2.92. The van der Waals surface area contributed by atoms with Gasteiger partial charge in [-0.25, -0.2) is 5.43 Å². The van der Waals surface area contributed by atoms with Gasteiger partial charge >= 0.3 is 0 Å². The number of benzene rings is 1. The number of hydrazone groups is 1. The van der Waals surface area contributed by atoms with E-state index in [2.05, 4.69) is 26.8 Å². The molecular weight excluding hydrogens is 304 g/mol. The van der Waals surface area contributed by atoms with Crippen LogP contribution in [0.1, 0.15) is 34.3 Å². The molecule has 0 saturated carbocycles. The minimum atomic E-state index is -0.297. The third kappa shape index (κ3) is 2.42. The van der Waals surface area contributed by atoms with Crippen molar-refractivity contribution in [1.82, 2.24) is 15.6 Å². The van der Waals surface area contributed by atoms with Crippen LogP contribution in [0.5, 0.6) is 0 Å². The maximum absolute atomic E-state index is 12.4. The number of nitrogens with one attached hydrogen (secondary N) is 2. The minimum absolute atomic E-state index is 0.297. The third-order valence-electron chi connectivity index (χ3n) is 4.21. The number of hydrogen-bond acceptors (Lipinski definition) is 4. The molecule has 1 aromatic carbocycles. The summed E-state index contributed by atoms with van der Waals surface area (Å²) in [5, 5.41) is 11.3. The van der Waals surface area contributed by atoms with Gasteiger partial charge in [-0.05, 0) is 37.5 Å². The van der Waals surface area contributed by atoms with Gasteiger partial charge in [0.2, 0.25) is 0 Å². The molecular formula is C18H16N4O2. The average Bonchev–Trinajstić information content (AvgIpc) is 3.28. The molecule has 0 fully saturated rings. The highest BCUT2D eigenvalue weighted by atomic mass is 16.3. The van der Waals surface area contributed by atoms with Gasteiger partial charge in [-0.15, -0.1) is 0 Å². The molecule has 0 spiro atoms. The molecule has 120 valence electrons. The molecule has 2 N–H and O–H groups in total. The van der Waals surface area contributed by atoms with Crippen LogP contribution in [0.15, 0.2) is 52.2 Å².